The van der Waals surface area contributed by atoms with Gasteiger partial charge in [0.2, 0.25) is 0 Å². The maximum absolute atomic E-state index is 14.5. The molecule has 0 amide bonds. The number of rotatable bonds is 8. The fourth-order valence-corrected chi connectivity index (χ4v) is 2.73. The average Bonchev–Trinajstić information content (AvgIpc) is 2.75. The molecule has 5 nitrogen and oxygen atoms in total. The van der Waals surface area contributed by atoms with Crippen LogP contribution in [0.5, 0.6) is 0 Å². The van der Waals surface area contributed by atoms with Crippen molar-refractivity contribution < 1.29 is 13.9 Å². The van der Waals surface area contributed by atoms with Crippen molar-refractivity contribution in [1.29, 1.82) is 0 Å². The van der Waals surface area contributed by atoms with E-state index >= 15 is 0 Å². The standard InChI is InChI=1S/C17H28FN3O2/c1-19-6-7-20-8-10-21(11-9-20)17-5-3-4-15(14-16(17)18)23-13-12-22-2/h3-5,14-15,19H,6-13H2,1-2H3. The van der Waals surface area contributed by atoms with Crippen molar-refractivity contribution in [2.24, 2.45) is 0 Å². The summed E-state index contributed by atoms with van der Waals surface area (Å²) in [5.74, 6) is -0.207. The number of hydrogen-bond donors (Lipinski definition) is 1. The lowest BCUT2D eigenvalue weighted by Crippen LogP contribution is -2.47. The number of piperazine rings is 1. The normalized spacial score (nSPS) is 22.7. The predicted octanol–water partition coefficient (Wildman–Crippen LogP) is 1.16. The Morgan fingerprint density at radius 2 is 2.04 bits per heavy atom. The van der Waals surface area contributed by atoms with Crippen molar-refractivity contribution in [2.45, 2.75) is 6.10 Å². The molecule has 1 aliphatic carbocycles. The zero-order chi connectivity index (χ0) is 16.5. The van der Waals surface area contributed by atoms with Crippen LogP contribution in [0.4, 0.5) is 4.39 Å². The lowest BCUT2D eigenvalue weighted by atomic mass is 10.2. The van der Waals surface area contributed by atoms with Crippen molar-refractivity contribution >= 4 is 0 Å². The Morgan fingerprint density at radius 1 is 1.26 bits per heavy atom. The number of likely N-dealkylation sites (N-methyl/N-ethyl adjacent to an activating group) is 1. The van der Waals surface area contributed by atoms with Crippen molar-refractivity contribution in [3.63, 3.8) is 0 Å². The fourth-order valence-electron chi connectivity index (χ4n) is 2.73. The van der Waals surface area contributed by atoms with Crippen molar-refractivity contribution in [2.75, 3.05) is 66.6 Å². The van der Waals surface area contributed by atoms with E-state index in [0.29, 0.717) is 18.9 Å². The average molecular weight is 325 g/mol. The van der Waals surface area contributed by atoms with Gasteiger partial charge in [0.15, 0.2) is 0 Å². The zero-order valence-corrected chi connectivity index (χ0v) is 14.1. The highest BCUT2D eigenvalue weighted by Gasteiger charge is 2.22. The number of allylic oxidation sites excluding steroid dienone is 3. The molecule has 130 valence electrons. The molecule has 1 aliphatic heterocycles. The number of nitrogens with zero attached hydrogens (tertiary/aromatic N) is 2. The smallest absolute Gasteiger partial charge is 0.145 e. The first kappa shape index (κ1) is 18.1. The third kappa shape index (κ3) is 5.73. The van der Waals surface area contributed by atoms with E-state index in [9.17, 15) is 4.39 Å². The van der Waals surface area contributed by atoms with Gasteiger partial charge in [-0.1, -0.05) is 12.2 Å². The summed E-state index contributed by atoms with van der Waals surface area (Å²) < 4.78 is 25.1. The molecule has 1 heterocycles. The van der Waals surface area contributed by atoms with Gasteiger partial charge in [-0.05, 0) is 19.2 Å². The molecule has 1 N–H and O–H groups in total. The van der Waals surface area contributed by atoms with Gasteiger partial charge in [-0.15, -0.1) is 0 Å². The van der Waals surface area contributed by atoms with Gasteiger partial charge >= 0.3 is 0 Å². The van der Waals surface area contributed by atoms with E-state index in [1.54, 1.807) is 13.2 Å². The van der Waals surface area contributed by atoms with E-state index in [2.05, 4.69) is 15.1 Å². The minimum Gasteiger partial charge on any atom is -0.382 e. The molecule has 0 radical (unpaired) electrons. The molecule has 1 atom stereocenters. The van der Waals surface area contributed by atoms with Crippen LogP contribution < -0.4 is 5.32 Å². The molecule has 0 aromatic carbocycles. The Hall–Kier alpha value is -1.21. The van der Waals surface area contributed by atoms with Gasteiger partial charge in [0, 0.05) is 46.4 Å². The second-order valence-corrected chi connectivity index (χ2v) is 5.71. The molecule has 6 heteroatoms. The highest BCUT2D eigenvalue weighted by atomic mass is 19.1. The number of halogens is 1. The molecule has 1 fully saturated rings. The Kier molecular flexibility index (Phi) is 7.74. The van der Waals surface area contributed by atoms with Crippen LogP contribution in [0, 0.1) is 0 Å². The van der Waals surface area contributed by atoms with Crippen LogP contribution in [-0.2, 0) is 9.47 Å². The van der Waals surface area contributed by atoms with E-state index in [1.807, 2.05) is 25.3 Å². The third-order valence-corrected chi connectivity index (χ3v) is 4.10. The maximum Gasteiger partial charge on any atom is 0.145 e. The SMILES string of the molecule is CNCCN1CCN(C2=CC=CC(OCCOC)C=C2F)CC1. The summed E-state index contributed by atoms with van der Waals surface area (Å²) in [5, 5.41) is 3.16. The minimum absolute atomic E-state index is 0.207. The molecule has 23 heavy (non-hydrogen) atoms. The number of hydrogen-bond acceptors (Lipinski definition) is 5. The summed E-state index contributed by atoms with van der Waals surface area (Å²) in [6.45, 7) is 6.61. The maximum atomic E-state index is 14.5. The monoisotopic (exact) mass is 325 g/mol. The Labute approximate surface area is 138 Å². The van der Waals surface area contributed by atoms with Gasteiger partial charge < -0.3 is 19.7 Å². The van der Waals surface area contributed by atoms with Crippen LogP contribution in [0.1, 0.15) is 0 Å². The third-order valence-electron chi connectivity index (χ3n) is 4.10. The molecular formula is C17H28FN3O2. The van der Waals surface area contributed by atoms with Crippen LogP contribution in [-0.4, -0.2) is 82.5 Å². The molecular weight excluding hydrogens is 297 g/mol. The van der Waals surface area contributed by atoms with Crippen molar-refractivity contribution in [3.8, 4) is 0 Å². The summed E-state index contributed by atoms with van der Waals surface area (Å²) in [5.41, 5.74) is 0.660. The molecule has 0 aromatic heterocycles. The highest BCUT2D eigenvalue weighted by Crippen LogP contribution is 2.22. The van der Waals surface area contributed by atoms with Crippen LogP contribution in [0.3, 0.4) is 0 Å². The van der Waals surface area contributed by atoms with Gasteiger partial charge in [0.1, 0.15) is 5.83 Å². The van der Waals surface area contributed by atoms with E-state index < -0.39 is 0 Å². The summed E-state index contributed by atoms with van der Waals surface area (Å²) in [4.78, 5) is 4.52. The molecule has 0 saturated carbocycles. The number of methoxy groups -OCH3 is 1. The second-order valence-electron chi connectivity index (χ2n) is 5.71. The Bertz CT molecular complexity index is 443. The van der Waals surface area contributed by atoms with Gasteiger partial charge in [0.25, 0.3) is 0 Å². The van der Waals surface area contributed by atoms with E-state index in [4.69, 9.17) is 9.47 Å². The minimum atomic E-state index is -0.337. The van der Waals surface area contributed by atoms with E-state index in [0.717, 1.165) is 39.3 Å². The predicted molar refractivity (Wildman–Crippen MR) is 90.0 cm³/mol. The molecule has 0 spiro atoms. The van der Waals surface area contributed by atoms with Crippen LogP contribution in [0.25, 0.3) is 0 Å². The lowest BCUT2D eigenvalue weighted by molar-refractivity contribution is 0.0578. The molecule has 0 bridgehead atoms. The fraction of sp³-hybridized carbons (Fsp3) is 0.647. The van der Waals surface area contributed by atoms with Gasteiger partial charge in [-0.25, -0.2) is 4.39 Å². The van der Waals surface area contributed by atoms with E-state index in [1.165, 1.54) is 0 Å². The largest absolute Gasteiger partial charge is 0.382 e. The lowest BCUT2D eigenvalue weighted by Gasteiger charge is -2.36. The van der Waals surface area contributed by atoms with Crippen molar-refractivity contribution in [3.05, 3.63) is 35.8 Å². The summed E-state index contributed by atoms with van der Waals surface area (Å²) in [7, 11) is 3.59. The molecule has 1 saturated heterocycles. The summed E-state index contributed by atoms with van der Waals surface area (Å²) in [6.07, 6.45) is 6.79. The highest BCUT2D eigenvalue weighted by molar-refractivity contribution is 5.33. The van der Waals surface area contributed by atoms with Gasteiger partial charge in [0.05, 0.1) is 25.0 Å². The van der Waals surface area contributed by atoms with Crippen LogP contribution >= 0.6 is 0 Å². The Morgan fingerprint density at radius 3 is 2.74 bits per heavy atom. The van der Waals surface area contributed by atoms with Gasteiger partial charge in [-0.3, -0.25) is 4.90 Å². The first-order chi connectivity index (χ1) is 11.2. The van der Waals surface area contributed by atoms with Gasteiger partial charge in [-0.2, -0.15) is 0 Å². The summed E-state index contributed by atoms with van der Waals surface area (Å²) in [6, 6.07) is 0. The quantitative estimate of drug-likeness (QED) is 0.678. The summed E-state index contributed by atoms with van der Waals surface area (Å²) >= 11 is 0. The van der Waals surface area contributed by atoms with Crippen LogP contribution in [0.2, 0.25) is 0 Å². The molecule has 2 rings (SSSR count). The molecule has 0 aromatic rings. The Balaban J connectivity index is 1.87. The molecule has 1 unspecified atom stereocenters. The first-order valence-electron chi connectivity index (χ1n) is 8.23. The van der Waals surface area contributed by atoms with Crippen LogP contribution in [0.15, 0.2) is 35.8 Å². The topological polar surface area (TPSA) is 37.0 Å². The number of ether oxygens (including phenoxy) is 2. The zero-order valence-electron chi connectivity index (χ0n) is 14.1. The first-order valence-corrected chi connectivity index (χ1v) is 8.23. The second kappa shape index (κ2) is 9.82. The van der Waals surface area contributed by atoms with Crippen molar-refractivity contribution in [1.82, 2.24) is 15.1 Å². The number of nitrogens with one attached hydrogen (secondary N) is 1. The molecule has 2 aliphatic rings. The van der Waals surface area contributed by atoms with E-state index in [-0.39, 0.29) is 11.9 Å².